The van der Waals surface area contributed by atoms with Crippen LogP contribution in [0.1, 0.15) is 24.3 Å². The van der Waals surface area contributed by atoms with Crippen molar-refractivity contribution in [1.29, 1.82) is 0 Å². The molecular weight excluding hydrogens is 292 g/mol. The van der Waals surface area contributed by atoms with Crippen molar-refractivity contribution in [2.24, 2.45) is 5.92 Å². The second kappa shape index (κ2) is 7.73. The third-order valence-electron chi connectivity index (χ3n) is 3.18. The fourth-order valence-corrected chi connectivity index (χ4v) is 2.41. The molecule has 1 aromatic heterocycles. The maximum Gasteiger partial charge on any atom is 0.357 e. The highest BCUT2D eigenvalue weighted by Crippen LogP contribution is 2.10. The van der Waals surface area contributed by atoms with Gasteiger partial charge in [-0.25, -0.2) is 9.78 Å². The molecule has 0 N–H and O–H groups in total. The highest BCUT2D eigenvalue weighted by molar-refractivity contribution is 6.30. The normalized spacial score (nSPS) is 19.7. The number of nitrogens with zero attached hydrogens (tertiary/aromatic N) is 2. The molecule has 0 bridgehead atoms. The summed E-state index contributed by atoms with van der Waals surface area (Å²) in [5.74, 6) is 0.167. The van der Waals surface area contributed by atoms with Gasteiger partial charge >= 0.3 is 5.97 Å². The highest BCUT2D eigenvalue weighted by atomic mass is 35.5. The number of halogens is 1. The molecule has 0 aliphatic carbocycles. The van der Waals surface area contributed by atoms with Crippen LogP contribution in [-0.4, -0.2) is 54.8 Å². The minimum Gasteiger partial charge on any atom is -0.458 e. The fraction of sp³-hybridized carbons (Fsp3) is 0.600. The van der Waals surface area contributed by atoms with Gasteiger partial charge in [0.05, 0.1) is 11.6 Å². The van der Waals surface area contributed by atoms with E-state index in [1.54, 1.807) is 12.1 Å². The lowest BCUT2D eigenvalue weighted by molar-refractivity contribution is -0.0613. The minimum absolute atomic E-state index is 0.0752. The number of carbonyl (C=O) groups excluding carboxylic acids is 1. The molecule has 6 heteroatoms. The van der Waals surface area contributed by atoms with E-state index in [0.717, 1.165) is 19.6 Å². The van der Waals surface area contributed by atoms with Crippen LogP contribution in [0.3, 0.4) is 0 Å². The van der Waals surface area contributed by atoms with Crippen molar-refractivity contribution >= 4 is 17.6 Å². The van der Waals surface area contributed by atoms with E-state index in [4.69, 9.17) is 21.1 Å². The topological polar surface area (TPSA) is 51.7 Å². The molecule has 116 valence electrons. The van der Waals surface area contributed by atoms with E-state index in [1.807, 2.05) is 0 Å². The average molecular weight is 313 g/mol. The molecule has 1 atom stereocenters. The van der Waals surface area contributed by atoms with E-state index < -0.39 is 5.97 Å². The van der Waals surface area contributed by atoms with E-state index >= 15 is 0 Å². The van der Waals surface area contributed by atoms with Crippen LogP contribution >= 0.6 is 11.6 Å². The van der Waals surface area contributed by atoms with Crippen LogP contribution in [0.25, 0.3) is 0 Å². The lowest BCUT2D eigenvalue weighted by Gasteiger charge is -2.33. The molecule has 0 amide bonds. The number of pyridine rings is 1. The number of hydrogen-bond acceptors (Lipinski definition) is 5. The Bertz CT molecular complexity index is 464. The first kappa shape index (κ1) is 16.2. The predicted octanol–water partition coefficient (Wildman–Crippen LogP) is 2.25. The molecule has 5 nitrogen and oxygen atoms in total. The Morgan fingerprint density at radius 3 is 3.05 bits per heavy atom. The largest absolute Gasteiger partial charge is 0.458 e. The van der Waals surface area contributed by atoms with Crippen molar-refractivity contribution in [3.05, 3.63) is 29.0 Å². The van der Waals surface area contributed by atoms with Crippen LogP contribution < -0.4 is 0 Å². The Hall–Kier alpha value is -1.17. The van der Waals surface area contributed by atoms with Crippen molar-refractivity contribution in [1.82, 2.24) is 9.88 Å². The Kier molecular flexibility index (Phi) is 5.96. The number of ether oxygens (including phenoxy) is 2. The van der Waals surface area contributed by atoms with Crippen LogP contribution in [-0.2, 0) is 9.47 Å². The molecule has 1 aliphatic heterocycles. The zero-order valence-corrected chi connectivity index (χ0v) is 13.2. The minimum atomic E-state index is -0.448. The zero-order chi connectivity index (χ0) is 15.2. The van der Waals surface area contributed by atoms with Gasteiger partial charge in [0.25, 0.3) is 0 Å². The van der Waals surface area contributed by atoms with Crippen molar-refractivity contribution in [3.8, 4) is 0 Å². The van der Waals surface area contributed by atoms with E-state index in [2.05, 4.69) is 23.7 Å². The van der Waals surface area contributed by atoms with Crippen LogP contribution in [0.15, 0.2) is 18.3 Å². The number of aromatic nitrogens is 1. The van der Waals surface area contributed by atoms with Crippen LogP contribution in [0.4, 0.5) is 0 Å². The highest BCUT2D eigenvalue weighted by Gasteiger charge is 2.22. The van der Waals surface area contributed by atoms with Gasteiger partial charge in [-0.05, 0) is 18.1 Å². The first-order valence-corrected chi connectivity index (χ1v) is 7.55. The first-order valence-electron chi connectivity index (χ1n) is 7.17. The zero-order valence-electron chi connectivity index (χ0n) is 12.4. The number of hydrogen-bond donors (Lipinski definition) is 0. The average Bonchev–Trinajstić information content (AvgIpc) is 2.45. The van der Waals surface area contributed by atoms with Gasteiger partial charge in [0.15, 0.2) is 0 Å². The van der Waals surface area contributed by atoms with Gasteiger partial charge in [-0.15, -0.1) is 0 Å². The summed E-state index contributed by atoms with van der Waals surface area (Å²) >= 11 is 5.73. The molecule has 0 spiro atoms. The van der Waals surface area contributed by atoms with Gasteiger partial charge in [-0.2, -0.15) is 0 Å². The second-order valence-electron chi connectivity index (χ2n) is 5.61. The van der Waals surface area contributed by atoms with Gasteiger partial charge < -0.3 is 9.47 Å². The van der Waals surface area contributed by atoms with Crippen molar-refractivity contribution in [3.63, 3.8) is 0 Å². The first-order chi connectivity index (χ1) is 10.0. The van der Waals surface area contributed by atoms with E-state index in [0.29, 0.717) is 17.5 Å². The third-order valence-corrected chi connectivity index (χ3v) is 3.41. The Morgan fingerprint density at radius 1 is 1.57 bits per heavy atom. The standard InChI is InChI=1S/C15H21ClN2O3/c1-11(2)8-18-5-6-20-13(9-18)10-21-15(19)14-4-3-12(16)7-17-14/h3-4,7,11,13H,5-6,8-10H2,1-2H3/t13-/m0/s1. The second-order valence-corrected chi connectivity index (χ2v) is 6.04. The quantitative estimate of drug-likeness (QED) is 0.781. The van der Waals surface area contributed by atoms with Gasteiger partial charge in [0, 0.05) is 25.8 Å². The molecule has 21 heavy (non-hydrogen) atoms. The van der Waals surface area contributed by atoms with Crippen molar-refractivity contribution < 1.29 is 14.3 Å². The molecule has 2 rings (SSSR count). The lowest BCUT2D eigenvalue weighted by atomic mass is 10.2. The Balaban J connectivity index is 1.79. The van der Waals surface area contributed by atoms with Crippen LogP contribution in [0, 0.1) is 5.92 Å². The molecule has 1 saturated heterocycles. The molecule has 0 unspecified atom stereocenters. The molecule has 1 aromatic rings. The predicted molar refractivity (Wildman–Crippen MR) is 80.5 cm³/mol. The maximum atomic E-state index is 11.9. The maximum absolute atomic E-state index is 11.9. The van der Waals surface area contributed by atoms with Gasteiger partial charge in [-0.3, -0.25) is 4.90 Å². The third kappa shape index (κ3) is 5.26. The molecule has 0 aromatic carbocycles. The van der Waals surface area contributed by atoms with Gasteiger partial charge in [0.2, 0.25) is 0 Å². The summed E-state index contributed by atoms with van der Waals surface area (Å²) in [5.41, 5.74) is 0.259. The number of carbonyl (C=O) groups is 1. The lowest BCUT2D eigenvalue weighted by Crippen LogP contribution is -2.45. The summed E-state index contributed by atoms with van der Waals surface area (Å²) in [7, 11) is 0. The number of esters is 1. The van der Waals surface area contributed by atoms with Gasteiger partial charge in [0.1, 0.15) is 18.4 Å². The number of rotatable bonds is 5. The summed E-state index contributed by atoms with van der Waals surface area (Å²) in [6.07, 6.45) is 1.35. The van der Waals surface area contributed by atoms with Crippen LogP contribution in [0.2, 0.25) is 5.02 Å². The molecule has 2 heterocycles. The summed E-state index contributed by atoms with van der Waals surface area (Å²) < 4.78 is 10.9. The Morgan fingerprint density at radius 2 is 2.38 bits per heavy atom. The van der Waals surface area contributed by atoms with Crippen LogP contribution in [0.5, 0.6) is 0 Å². The Labute approximate surface area is 130 Å². The molecular formula is C15H21ClN2O3. The molecule has 0 saturated carbocycles. The smallest absolute Gasteiger partial charge is 0.357 e. The van der Waals surface area contributed by atoms with Crippen molar-refractivity contribution in [2.45, 2.75) is 20.0 Å². The molecule has 1 aliphatic rings. The summed E-state index contributed by atoms with van der Waals surface area (Å²) in [5, 5.41) is 0.492. The van der Waals surface area contributed by atoms with E-state index in [1.165, 1.54) is 6.20 Å². The molecule has 1 fully saturated rings. The van der Waals surface area contributed by atoms with Crippen molar-refractivity contribution in [2.75, 3.05) is 32.8 Å². The summed E-state index contributed by atoms with van der Waals surface area (Å²) in [6, 6.07) is 3.17. The van der Waals surface area contributed by atoms with Gasteiger partial charge in [-0.1, -0.05) is 25.4 Å². The summed E-state index contributed by atoms with van der Waals surface area (Å²) in [6.45, 7) is 8.06. The van der Waals surface area contributed by atoms with E-state index in [9.17, 15) is 4.79 Å². The number of morpholine rings is 1. The SMILES string of the molecule is CC(C)CN1CCO[C@H](COC(=O)c2ccc(Cl)cn2)C1. The van der Waals surface area contributed by atoms with E-state index in [-0.39, 0.29) is 18.4 Å². The fourth-order valence-electron chi connectivity index (χ4n) is 2.30. The monoisotopic (exact) mass is 312 g/mol. The summed E-state index contributed by atoms with van der Waals surface area (Å²) in [4.78, 5) is 18.1. The molecule has 0 radical (unpaired) electrons.